The van der Waals surface area contributed by atoms with Crippen LogP contribution in [0.4, 0.5) is 0 Å². The molecule has 0 aromatic heterocycles. The van der Waals surface area contributed by atoms with Crippen molar-refractivity contribution in [1.29, 1.82) is 0 Å². The lowest BCUT2D eigenvalue weighted by atomic mass is 9.99. The molecular formula is C12H15NO8. The molecule has 0 unspecified atom stereocenters. The summed E-state index contributed by atoms with van der Waals surface area (Å²) in [6.07, 6.45) is -7.21. The molecule has 9 heteroatoms. The number of para-hydroxylation sites is 1. The minimum Gasteiger partial charge on any atom is -0.462 e. The molecular weight excluding hydrogens is 286 g/mol. The van der Waals surface area contributed by atoms with Gasteiger partial charge in [0.05, 0.1) is 6.61 Å². The van der Waals surface area contributed by atoms with Crippen LogP contribution in [0.1, 0.15) is 0 Å². The highest BCUT2D eigenvalue weighted by atomic mass is 17.0. The summed E-state index contributed by atoms with van der Waals surface area (Å²) in [6, 6.07) is 8.26. The molecule has 2 rings (SSSR count). The highest BCUT2D eigenvalue weighted by Gasteiger charge is 2.47. The van der Waals surface area contributed by atoms with E-state index >= 15 is 0 Å². The molecule has 116 valence electrons. The van der Waals surface area contributed by atoms with Crippen molar-refractivity contribution in [2.45, 2.75) is 30.7 Å². The predicted octanol–water partition coefficient (Wildman–Crippen LogP) is -0.919. The van der Waals surface area contributed by atoms with Crippen LogP contribution in [0.5, 0.6) is 5.75 Å². The van der Waals surface area contributed by atoms with Crippen LogP contribution in [0.3, 0.4) is 0 Å². The first-order valence-corrected chi connectivity index (χ1v) is 6.18. The van der Waals surface area contributed by atoms with Gasteiger partial charge >= 0.3 is 0 Å². The van der Waals surface area contributed by atoms with Gasteiger partial charge in [0.15, 0.2) is 6.10 Å². The van der Waals surface area contributed by atoms with E-state index in [-0.39, 0.29) is 0 Å². The standard InChI is InChI=1S/C12H15NO8/c14-6-8-9(15)10(16)11(21-13(17)18)12(20-8)19-7-4-2-1-3-5-7/h1-5,8-12,14-16H,6H2/t8-,9+,10+,11-,12+/m1/s1. The molecule has 1 aliphatic rings. The van der Waals surface area contributed by atoms with E-state index in [2.05, 4.69) is 4.84 Å². The largest absolute Gasteiger partial charge is 0.462 e. The van der Waals surface area contributed by atoms with E-state index in [4.69, 9.17) is 14.6 Å². The van der Waals surface area contributed by atoms with E-state index in [1.165, 1.54) is 0 Å². The zero-order valence-electron chi connectivity index (χ0n) is 10.8. The van der Waals surface area contributed by atoms with Crippen molar-refractivity contribution in [3.8, 4) is 5.75 Å². The Labute approximate surface area is 119 Å². The molecule has 1 saturated heterocycles. The maximum Gasteiger partial charge on any atom is 0.295 e. The van der Waals surface area contributed by atoms with E-state index < -0.39 is 42.4 Å². The normalized spacial score (nSPS) is 32.4. The van der Waals surface area contributed by atoms with Gasteiger partial charge in [0.2, 0.25) is 6.29 Å². The number of nitrogens with zero attached hydrogens (tertiary/aromatic N) is 1. The Morgan fingerprint density at radius 2 is 1.90 bits per heavy atom. The van der Waals surface area contributed by atoms with Crippen LogP contribution >= 0.6 is 0 Å². The first-order valence-electron chi connectivity index (χ1n) is 6.18. The third kappa shape index (κ3) is 3.58. The maximum absolute atomic E-state index is 10.5. The number of benzene rings is 1. The summed E-state index contributed by atoms with van der Waals surface area (Å²) in [4.78, 5) is 14.8. The summed E-state index contributed by atoms with van der Waals surface area (Å²) in [7, 11) is 0. The van der Waals surface area contributed by atoms with Crippen molar-refractivity contribution in [1.82, 2.24) is 0 Å². The summed E-state index contributed by atoms with van der Waals surface area (Å²) >= 11 is 0. The molecule has 0 spiro atoms. The molecule has 3 N–H and O–H groups in total. The van der Waals surface area contributed by atoms with Crippen LogP contribution < -0.4 is 4.74 Å². The first-order chi connectivity index (χ1) is 10.0. The Bertz CT molecular complexity index is 470. The second-order valence-corrected chi connectivity index (χ2v) is 4.43. The van der Waals surface area contributed by atoms with Crippen LogP contribution in [-0.2, 0) is 9.57 Å². The van der Waals surface area contributed by atoms with Gasteiger partial charge in [0.1, 0.15) is 24.1 Å². The molecule has 1 aromatic carbocycles. The molecule has 1 aliphatic heterocycles. The molecule has 1 heterocycles. The quantitative estimate of drug-likeness (QED) is 0.470. The zero-order chi connectivity index (χ0) is 15.4. The van der Waals surface area contributed by atoms with Gasteiger partial charge in [-0.05, 0) is 12.1 Å². The van der Waals surface area contributed by atoms with Crippen LogP contribution in [0.15, 0.2) is 30.3 Å². The molecule has 0 aliphatic carbocycles. The number of aliphatic hydroxyl groups excluding tert-OH is 3. The first kappa shape index (κ1) is 15.4. The number of hydrogen-bond donors (Lipinski definition) is 3. The van der Waals surface area contributed by atoms with Gasteiger partial charge < -0.3 is 29.6 Å². The van der Waals surface area contributed by atoms with E-state index in [0.717, 1.165) is 0 Å². The average Bonchev–Trinajstić information content (AvgIpc) is 2.47. The number of rotatable bonds is 5. The monoisotopic (exact) mass is 301 g/mol. The summed E-state index contributed by atoms with van der Waals surface area (Å²) in [5, 5.41) is 38.1. The van der Waals surface area contributed by atoms with Crippen LogP contribution in [0.25, 0.3) is 0 Å². The topological polar surface area (TPSA) is 132 Å². The molecule has 21 heavy (non-hydrogen) atoms. The minimum atomic E-state index is -1.64. The van der Waals surface area contributed by atoms with Crippen molar-refractivity contribution in [3.63, 3.8) is 0 Å². The van der Waals surface area contributed by atoms with Gasteiger partial charge in [-0.25, -0.2) is 0 Å². The van der Waals surface area contributed by atoms with Crippen molar-refractivity contribution in [3.05, 3.63) is 40.4 Å². The van der Waals surface area contributed by atoms with Crippen molar-refractivity contribution < 1.29 is 34.7 Å². The Hall–Kier alpha value is -1.94. The molecule has 0 bridgehead atoms. The third-order valence-electron chi connectivity index (χ3n) is 3.03. The average molecular weight is 301 g/mol. The molecule has 1 aromatic rings. The van der Waals surface area contributed by atoms with Crippen LogP contribution in [0.2, 0.25) is 0 Å². The number of aliphatic hydroxyl groups is 3. The SMILES string of the molecule is O=[N+]([O-])O[C@H]1[C@@H](Oc2ccccc2)O[C@H](CO)[C@H](O)[C@@H]1O. The zero-order valence-corrected chi connectivity index (χ0v) is 10.8. The Kier molecular flexibility index (Phi) is 4.91. The fourth-order valence-electron chi connectivity index (χ4n) is 2.00. The van der Waals surface area contributed by atoms with Crippen LogP contribution in [0, 0.1) is 10.1 Å². The number of ether oxygens (including phenoxy) is 2. The van der Waals surface area contributed by atoms with Gasteiger partial charge in [0.25, 0.3) is 5.09 Å². The summed E-state index contributed by atoms with van der Waals surface area (Å²) in [5.74, 6) is 0.333. The maximum atomic E-state index is 10.5. The lowest BCUT2D eigenvalue weighted by Gasteiger charge is -2.40. The second-order valence-electron chi connectivity index (χ2n) is 4.43. The lowest BCUT2D eigenvalue weighted by Crippen LogP contribution is -2.61. The summed E-state index contributed by atoms with van der Waals surface area (Å²) in [5.41, 5.74) is 0. The van der Waals surface area contributed by atoms with E-state index in [0.29, 0.717) is 5.75 Å². The van der Waals surface area contributed by atoms with Crippen LogP contribution in [-0.4, -0.2) is 57.7 Å². The van der Waals surface area contributed by atoms with Crippen molar-refractivity contribution >= 4 is 0 Å². The Morgan fingerprint density at radius 3 is 2.48 bits per heavy atom. The van der Waals surface area contributed by atoms with Crippen molar-refractivity contribution in [2.24, 2.45) is 0 Å². The van der Waals surface area contributed by atoms with Gasteiger partial charge in [0, 0.05) is 0 Å². The molecule has 0 radical (unpaired) electrons. The third-order valence-corrected chi connectivity index (χ3v) is 3.03. The highest BCUT2D eigenvalue weighted by Crippen LogP contribution is 2.26. The fraction of sp³-hybridized carbons (Fsp3) is 0.500. The van der Waals surface area contributed by atoms with Gasteiger partial charge in [-0.3, -0.25) is 0 Å². The molecule has 1 fully saturated rings. The lowest BCUT2D eigenvalue weighted by molar-refractivity contribution is -0.776. The van der Waals surface area contributed by atoms with E-state index in [1.807, 2.05) is 0 Å². The smallest absolute Gasteiger partial charge is 0.295 e. The van der Waals surface area contributed by atoms with Gasteiger partial charge in [-0.15, -0.1) is 10.1 Å². The van der Waals surface area contributed by atoms with Gasteiger partial charge in [-0.1, -0.05) is 18.2 Å². The molecule has 0 saturated carbocycles. The van der Waals surface area contributed by atoms with Gasteiger partial charge in [-0.2, -0.15) is 0 Å². The predicted molar refractivity (Wildman–Crippen MR) is 66.7 cm³/mol. The molecule has 0 amide bonds. The summed E-state index contributed by atoms with van der Waals surface area (Å²) in [6.45, 7) is -0.585. The molecule has 5 atom stereocenters. The Balaban J connectivity index is 2.18. The minimum absolute atomic E-state index is 0.333. The highest BCUT2D eigenvalue weighted by molar-refractivity contribution is 5.21. The second kappa shape index (κ2) is 6.68. The van der Waals surface area contributed by atoms with E-state index in [1.54, 1.807) is 30.3 Å². The molecule has 9 nitrogen and oxygen atoms in total. The van der Waals surface area contributed by atoms with Crippen molar-refractivity contribution in [2.75, 3.05) is 6.61 Å². The fourth-order valence-corrected chi connectivity index (χ4v) is 2.00. The Morgan fingerprint density at radius 1 is 1.24 bits per heavy atom. The van der Waals surface area contributed by atoms with E-state index in [9.17, 15) is 20.3 Å². The summed E-state index contributed by atoms with van der Waals surface area (Å²) < 4.78 is 10.6. The number of hydrogen-bond acceptors (Lipinski definition) is 8.